The maximum atomic E-state index is 12.4. The third-order valence-electron chi connectivity index (χ3n) is 4.64. The average molecular weight is 369 g/mol. The number of fused-ring (bicyclic) bond motifs is 1. The van der Waals surface area contributed by atoms with Crippen molar-refractivity contribution in [1.82, 2.24) is 4.90 Å². The van der Waals surface area contributed by atoms with Gasteiger partial charge in [0.25, 0.3) is 5.69 Å². The molecule has 0 aliphatic carbocycles. The molecule has 7 heteroatoms. The monoisotopic (exact) mass is 369 g/mol. The number of rotatable bonds is 6. The van der Waals surface area contributed by atoms with Crippen LogP contribution in [0.4, 0.5) is 11.4 Å². The predicted octanol–water partition coefficient (Wildman–Crippen LogP) is 3.30. The maximum Gasteiger partial charge on any atom is 0.269 e. The van der Waals surface area contributed by atoms with Crippen LogP contribution in [0.2, 0.25) is 0 Å². The van der Waals surface area contributed by atoms with Crippen molar-refractivity contribution >= 4 is 17.3 Å². The number of anilines is 1. The highest BCUT2D eigenvalue weighted by atomic mass is 16.6. The standard InChI is InChI=1S/C20H23N3O4/c1-3-27-18-6-4-15-8-9-22(12-16(15)11-18)13-20(24)21-19-7-5-17(23(25)26)10-14(19)2/h4-7,10-11H,3,8-9,12-13H2,1-2H3,(H,21,24). The molecule has 0 spiro atoms. The lowest BCUT2D eigenvalue weighted by Crippen LogP contribution is -2.37. The van der Waals surface area contributed by atoms with Gasteiger partial charge < -0.3 is 10.1 Å². The zero-order valence-corrected chi connectivity index (χ0v) is 15.5. The normalized spacial score (nSPS) is 13.7. The Morgan fingerprint density at radius 3 is 2.78 bits per heavy atom. The molecule has 0 saturated carbocycles. The summed E-state index contributed by atoms with van der Waals surface area (Å²) in [5.41, 5.74) is 3.76. The van der Waals surface area contributed by atoms with Gasteiger partial charge in [0.2, 0.25) is 5.91 Å². The molecule has 0 saturated heterocycles. The van der Waals surface area contributed by atoms with Gasteiger partial charge in [0.1, 0.15) is 5.75 Å². The van der Waals surface area contributed by atoms with Gasteiger partial charge in [-0.1, -0.05) is 6.07 Å². The van der Waals surface area contributed by atoms with Crippen LogP contribution in [0.3, 0.4) is 0 Å². The van der Waals surface area contributed by atoms with Gasteiger partial charge in [-0.2, -0.15) is 0 Å². The van der Waals surface area contributed by atoms with E-state index in [4.69, 9.17) is 4.74 Å². The van der Waals surface area contributed by atoms with Crippen LogP contribution in [-0.2, 0) is 17.8 Å². The van der Waals surface area contributed by atoms with Gasteiger partial charge in [-0.15, -0.1) is 0 Å². The second kappa shape index (κ2) is 8.18. The van der Waals surface area contributed by atoms with Crippen LogP contribution in [0.5, 0.6) is 5.75 Å². The van der Waals surface area contributed by atoms with Crippen molar-refractivity contribution in [3.8, 4) is 5.75 Å². The Hall–Kier alpha value is -2.93. The number of nitrogens with zero attached hydrogens (tertiary/aromatic N) is 2. The fourth-order valence-electron chi connectivity index (χ4n) is 3.28. The van der Waals surface area contributed by atoms with Gasteiger partial charge in [-0.25, -0.2) is 0 Å². The summed E-state index contributed by atoms with van der Waals surface area (Å²) >= 11 is 0. The highest BCUT2D eigenvalue weighted by molar-refractivity contribution is 5.93. The molecule has 0 unspecified atom stereocenters. The molecule has 2 aromatic rings. The lowest BCUT2D eigenvalue weighted by Gasteiger charge is -2.28. The molecule has 1 aliphatic heterocycles. The molecule has 0 radical (unpaired) electrons. The molecule has 0 bridgehead atoms. The first-order valence-electron chi connectivity index (χ1n) is 8.98. The summed E-state index contributed by atoms with van der Waals surface area (Å²) in [6, 6.07) is 10.6. The first-order chi connectivity index (χ1) is 13.0. The van der Waals surface area contributed by atoms with Crippen LogP contribution in [-0.4, -0.2) is 35.4 Å². The molecule has 27 heavy (non-hydrogen) atoms. The van der Waals surface area contributed by atoms with Gasteiger partial charge in [-0.3, -0.25) is 19.8 Å². The lowest BCUT2D eigenvalue weighted by atomic mass is 9.99. The zero-order chi connectivity index (χ0) is 19.4. The third kappa shape index (κ3) is 4.62. The van der Waals surface area contributed by atoms with Crippen LogP contribution < -0.4 is 10.1 Å². The molecular weight excluding hydrogens is 346 g/mol. The van der Waals surface area contributed by atoms with Gasteiger partial charge in [-0.05, 0) is 55.2 Å². The van der Waals surface area contributed by atoms with Gasteiger partial charge in [0.15, 0.2) is 0 Å². The Bertz CT molecular complexity index is 866. The van der Waals surface area contributed by atoms with Crippen LogP contribution >= 0.6 is 0 Å². The Kier molecular flexibility index (Phi) is 5.71. The van der Waals surface area contributed by atoms with Gasteiger partial charge >= 0.3 is 0 Å². The summed E-state index contributed by atoms with van der Waals surface area (Å²) in [6.07, 6.45) is 0.894. The second-order valence-corrected chi connectivity index (χ2v) is 6.63. The van der Waals surface area contributed by atoms with E-state index in [1.54, 1.807) is 13.0 Å². The molecule has 3 rings (SSSR count). The summed E-state index contributed by atoms with van der Waals surface area (Å²) in [5.74, 6) is 0.723. The minimum absolute atomic E-state index is 0.0169. The predicted molar refractivity (Wildman–Crippen MR) is 103 cm³/mol. The average Bonchev–Trinajstić information content (AvgIpc) is 2.63. The first kappa shape index (κ1) is 18.8. The number of carbonyl (C=O) groups is 1. The molecule has 0 aromatic heterocycles. The van der Waals surface area contributed by atoms with Crippen LogP contribution in [0.1, 0.15) is 23.6 Å². The van der Waals surface area contributed by atoms with Crippen molar-refractivity contribution in [2.45, 2.75) is 26.8 Å². The molecule has 7 nitrogen and oxygen atoms in total. The van der Waals surface area contributed by atoms with E-state index in [-0.39, 0.29) is 18.1 Å². The number of ether oxygens (including phenoxy) is 1. The Balaban J connectivity index is 1.62. The van der Waals surface area contributed by atoms with Crippen LogP contribution in [0.25, 0.3) is 0 Å². The fraction of sp³-hybridized carbons (Fsp3) is 0.350. The lowest BCUT2D eigenvalue weighted by molar-refractivity contribution is -0.384. The first-order valence-corrected chi connectivity index (χ1v) is 8.98. The molecule has 2 aromatic carbocycles. The fourth-order valence-corrected chi connectivity index (χ4v) is 3.28. The van der Waals surface area contributed by atoms with Crippen molar-refractivity contribution in [3.05, 3.63) is 63.2 Å². The number of hydrogen-bond acceptors (Lipinski definition) is 5. The Morgan fingerprint density at radius 2 is 2.07 bits per heavy atom. The van der Waals surface area contributed by atoms with Crippen molar-refractivity contribution < 1.29 is 14.5 Å². The zero-order valence-electron chi connectivity index (χ0n) is 15.5. The highest BCUT2D eigenvalue weighted by Gasteiger charge is 2.19. The van der Waals surface area contributed by atoms with Crippen LogP contribution in [0, 0.1) is 17.0 Å². The number of amides is 1. The number of aryl methyl sites for hydroxylation is 1. The quantitative estimate of drug-likeness (QED) is 0.624. The second-order valence-electron chi connectivity index (χ2n) is 6.63. The Labute approximate surface area is 158 Å². The van der Waals surface area contributed by atoms with E-state index in [9.17, 15) is 14.9 Å². The number of nitro benzene ring substituents is 1. The minimum Gasteiger partial charge on any atom is -0.494 e. The van der Waals surface area contributed by atoms with Crippen LogP contribution in [0.15, 0.2) is 36.4 Å². The van der Waals surface area contributed by atoms with E-state index in [1.165, 1.54) is 23.3 Å². The molecule has 0 atom stereocenters. The summed E-state index contributed by atoms with van der Waals surface area (Å²) in [4.78, 5) is 24.9. The number of non-ortho nitro benzene ring substituents is 1. The van der Waals surface area contributed by atoms with E-state index >= 15 is 0 Å². The number of nitro groups is 1. The number of benzene rings is 2. The van der Waals surface area contributed by atoms with Gasteiger partial charge in [0.05, 0.1) is 18.1 Å². The van der Waals surface area contributed by atoms with E-state index < -0.39 is 4.92 Å². The number of nitrogens with one attached hydrogen (secondary N) is 1. The maximum absolute atomic E-state index is 12.4. The molecule has 1 aliphatic rings. The molecule has 1 amide bonds. The number of hydrogen-bond donors (Lipinski definition) is 1. The molecule has 1 heterocycles. The third-order valence-corrected chi connectivity index (χ3v) is 4.64. The topological polar surface area (TPSA) is 84.7 Å². The van der Waals surface area contributed by atoms with E-state index in [0.29, 0.717) is 24.4 Å². The minimum atomic E-state index is -0.444. The molecule has 1 N–H and O–H groups in total. The summed E-state index contributed by atoms with van der Waals surface area (Å²) in [6.45, 7) is 6.11. The van der Waals surface area contributed by atoms with Crippen molar-refractivity contribution in [2.24, 2.45) is 0 Å². The Morgan fingerprint density at radius 1 is 1.26 bits per heavy atom. The van der Waals surface area contributed by atoms with E-state index in [1.807, 2.05) is 19.1 Å². The summed E-state index contributed by atoms with van der Waals surface area (Å²) < 4.78 is 5.56. The number of carbonyl (C=O) groups excluding carboxylic acids is 1. The molecular formula is C20H23N3O4. The van der Waals surface area contributed by atoms with Crippen molar-refractivity contribution in [2.75, 3.05) is 25.0 Å². The molecule has 142 valence electrons. The van der Waals surface area contributed by atoms with Crippen molar-refractivity contribution in [1.29, 1.82) is 0 Å². The molecule has 0 fully saturated rings. The van der Waals surface area contributed by atoms with E-state index in [0.717, 1.165) is 18.7 Å². The highest BCUT2D eigenvalue weighted by Crippen LogP contribution is 2.24. The summed E-state index contributed by atoms with van der Waals surface area (Å²) in [7, 11) is 0. The largest absolute Gasteiger partial charge is 0.494 e. The SMILES string of the molecule is CCOc1ccc2c(c1)CN(CC(=O)Nc1ccc([N+](=O)[O-])cc1C)CC2. The van der Waals surface area contributed by atoms with E-state index in [2.05, 4.69) is 16.3 Å². The van der Waals surface area contributed by atoms with Crippen molar-refractivity contribution in [3.63, 3.8) is 0 Å². The summed E-state index contributed by atoms with van der Waals surface area (Å²) in [5, 5.41) is 13.7. The van der Waals surface area contributed by atoms with Gasteiger partial charge in [0, 0.05) is 30.9 Å². The smallest absolute Gasteiger partial charge is 0.269 e.